The fourth-order valence-corrected chi connectivity index (χ4v) is 3.94. The smallest absolute Gasteiger partial charge is 0.302 e. The number of ether oxygens (including phenoxy) is 1. The van der Waals surface area contributed by atoms with Crippen molar-refractivity contribution in [3.63, 3.8) is 0 Å². The summed E-state index contributed by atoms with van der Waals surface area (Å²) in [6.07, 6.45) is 2.77. The summed E-state index contributed by atoms with van der Waals surface area (Å²) in [6.45, 7) is 6.70. The maximum absolute atomic E-state index is 12.0. The van der Waals surface area contributed by atoms with E-state index in [9.17, 15) is 9.59 Å². The number of hydrogen-bond donors (Lipinski definition) is 1. The zero-order valence-corrected chi connectivity index (χ0v) is 14.7. The second-order valence-corrected chi connectivity index (χ2v) is 6.88. The lowest BCUT2D eigenvalue weighted by atomic mass is 9.91. The largest absolute Gasteiger partial charge is 0.461 e. The molecule has 3 atom stereocenters. The van der Waals surface area contributed by atoms with Crippen LogP contribution in [0.5, 0.6) is 0 Å². The molecule has 1 fully saturated rings. The number of nitrogens with one attached hydrogen (secondary N) is 1. The molecule has 0 aliphatic carbocycles. The van der Waals surface area contributed by atoms with Crippen molar-refractivity contribution in [2.24, 2.45) is 0 Å². The Morgan fingerprint density at radius 1 is 1.33 bits per heavy atom. The van der Waals surface area contributed by atoms with Crippen LogP contribution in [0.3, 0.4) is 0 Å². The van der Waals surface area contributed by atoms with Crippen LogP contribution in [0.1, 0.15) is 50.7 Å². The molecule has 0 spiro atoms. The second kappa shape index (κ2) is 6.93. The SMILES string of the molecule is CCc1ccc2c(c1)[C@@H](C[C@@H]1C[C@H](OC(C)=O)CN1)CN2C(C)=O. The first-order valence-corrected chi connectivity index (χ1v) is 8.79. The summed E-state index contributed by atoms with van der Waals surface area (Å²) in [4.78, 5) is 25.0. The van der Waals surface area contributed by atoms with Crippen molar-refractivity contribution in [3.05, 3.63) is 29.3 Å². The van der Waals surface area contributed by atoms with Crippen molar-refractivity contribution in [1.29, 1.82) is 0 Å². The molecule has 1 amide bonds. The number of carbonyl (C=O) groups is 2. The third kappa shape index (κ3) is 3.46. The lowest BCUT2D eigenvalue weighted by molar-refractivity contribution is -0.145. The molecule has 0 saturated carbocycles. The van der Waals surface area contributed by atoms with Gasteiger partial charge in [0.05, 0.1) is 0 Å². The number of carbonyl (C=O) groups excluding carboxylic acids is 2. The van der Waals surface area contributed by atoms with Gasteiger partial charge >= 0.3 is 5.97 Å². The Morgan fingerprint density at radius 3 is 2.79 bits per heavy atom. The summed E-state index contributed by atoms with van der Waals surface area (Å²) in [5, 5.41) is 3.46. The van der Waals surface area contributed by atoms with Gasteiger partial charge in [0.15, 0.2) is 0 Å². The van der Waals surface area contributed by atoms with E-state index >= 15 is 0 Å². The molecule has 1 saturated heterocycles. The van der Waals surface area contributed by atoms with E-state index in [2.05, 4.69) is 30.4 Å². The van der Waals surface area contributed by atoms with Crippen LogP contribution in [0.15, 0.2) is 18.2 Å². The standard InChI is InChI=1S/C19H26N2O3/c1-4-14-5-6-19-18(7-14)15(11-21(19)12(2)22)8-16-9-17(10-20-16)24-13(3)23/h5-7,15-17,20H,4,8-11H2,1-3H3/t15-,16+,17-/m0/s1. The van der Waals surface area contributed by atoms with Crippen LogP contribution in [-0.4, -0.2) is 37.1 Å². The van der Waals surface area contributed by atoms with Crippen LogP contribution in [0.4, 0.5) is 5.69 Å². The molecular weight excluding hydrogens is 304 g/mol. The summed E-state index contributed by atoms with van der Waals surface area (Å²) in [5.41, 5.74) is 3.64. The van der Waals surface area contributed by atoms with Crippen LogP contribution in [0.25, 0.3) is 0 Å². The van der Waals surface area contributed by atoms with Gasteiger partial charge in [0.2, 0.25) is 5.91 Å². The Balaban J connectivity index is 1.73. The van der Waals surface area contributed by atoms with Gasteiger partial charge in [-0.15, -0.1) is 0 Å². The van der Waals surface area contributed by atoms with E-state index in [0.717, 1.165) is 38.0 Å². The molecule has 0 bridgehead atoms. The quantitative estimate of drug-likeness (QED) is 0.861. The molecule has 1 aromatic rings. The molecule has 1 aromatic carbocycles. The monoisotopic (exact) mass is 330 g/mol. The minimum Gasteiger partial charge on any atom is -0.461 e. The molecular formula is C19H26N2O3. The number of esters is 1. The van der Waals surface area contributed by atoms with E-state index in [1.807, 2.05) is 4.90 Å². The highest BCUT2D eigenvalue weighted by Gasteiger charge is 2.35. The molecule has 24 heavy (non-hydrogen) atoms. The number of rotatable bonds is 4. The predicted octanol–water partition coefficient (Wildman–Crippen LogP) is 2.38. The fraction of sp³-hybridized carbons (Fsp3) is 0.579. The lowest BCUT2D eigenvalue weighted by Crippen LogP contribution is -2.29. The topological polar surface area (TPSA) is 58.6 Å². The molecule has 5 nitrogen and oxygen atoms in total. The van der Waals surface area contributed by atoms with Crippen LogP contribution in [0, 0.1) is 0 Å². The van der Waals surface area contributed by atoms with Gasteiger partial charge in [-0.3, -0.25) is 9.59 Å². The third-order valence-electron chi connectivity index (χ3n) is 5.10. The van der Waals surface area contributed by atoms with E-state index in [0.29, 0.717) is 12.0 Å². The Bertz CT molecular complexity index is 643. The van der Waals surface area contributed by atoms with Gasteiger partial charge in [0.1, 0.15) is 6.10 Å². The van der Waals surface area contributed by atoms with Crippen molar-refractivity contribution >= 4 is 17.6 Å². The molecule has 1 N–H and O–H groups in total. The molecule has 3 rings (SSSR count). The molecule has 0 radical (unpaired) electrons. The number of fused-ring (bicyclic) bond motifs is 1. The van der Waals surface area contributed by atoms with E-state index in [4.69, 9.17) is 4.74 Å². The van der Waals surface area contributed by atoms with Crippen molar-refractivity contribution in [2.75, 3.05) is 18.0 Å². The van der Waals surface area contributed by atoms with Crippen molar-refractivity contribution in [1.82, 2.24) is 5.32 Å². The number of nitrogens with zero attached hydrogens (tertiary/aromatic N) is 1. The summed E-state index contributed by atoms with van der Waals surface area (Å²) < 4.78 is 5.31. The normalized spacial score (nSPS) is 25.6. The number of benzene rings is 1. The Labute approximate surface area is 143 Å². The Kier molecular flexibility index (Phi) is 4.90. The number of hydrogen-bond acceptors (Lipinski definition) is 4. The van der Waals surface area contributed by atoms with Crippen LogP contribution in [-0.2, 0) is 20.7 Å². The molecule has 130 valence electrons. The zero-order chi connectivity index (χ0) is 17.3. The van der Waals surface area contributed by atoms with Gasteiger partial charge < -0.3 is 15.0 Å². The first-order valence-electron chi connectivity index (χ1n) is 8.79. The molecule has 5 heteroatoms. The minimum absolute atomic E-state index is 0.0285. The summed E-state index contributed by atoms with van der Waals surface area (Å²) in [5.74, 6) is 0.216. The van der Waals surface area contributed by atoms with Gasteiger partial charge in [0.25, 0.3) is 0 Å². The highest BCUT2D eigenvalue weighted by Crippen LogP contribution is 2.40. The van der Waals surface area contributed by atoms with Gasteiger partial charge in [-0.25, -0.2) is 0 Å². The average Bonchev–Trinajstić information content (AvgIpc) is 3.11. The first-order chi connectivity index (χ1) is 11.5. The summed E-state index contributed by atoms with van der Waals surface area (Å²) in [6, 6.07) is 6.77. The fourth-order valence-electron chi connectivity index (χ4n) is 3.94. The van der Waals surface area contributed by atoms with E-state index in [1.54, 1.807) is 6.92 Å². The maximum atomic E-state index is 12.0. The predicted molar refractivity (Wildman–Crippen MR) is 93.2 cm³/mol. The summed E-state index contributed by atoms with van der Waals surface area (Å²) in [7, 11) is 0. The first kappa shape index (κ1) is 17.0. The van der Waals surface area contributed by atoms with Gasteiger partial charge in [-0.2, -0.15) is 0 Å². The molecule has 0 unspecified atom stereocenters. The van der Waals surface area contributed by atoms with E-state index < -0.39 is 0 Å². The molecule has 0 aromatic heterocycles. The van der Waals surface area contributed by atoms with Crippen LogP contribution < -0.4 is 10.2 Å². The van der Waals surface area contributed by atoms with Gasteiger partial charge in [-0.05, 0) is 30.0 Å². The van der Waals surface area contributed by atoms with Crippen molar-refractivity contribution in [2.45, 2.75) is 58.1 Å². The minimum atomic E-state index is -0.219. The number of anilines is 1. The highest BCUT2D eigenvalue weighted by atomic mass is 16.5. The van der Waals surface area contributed by atoms with Crippen LogP contribution in [0.2, 0.25) is 0 Å². The maximum Gasteiger partial charge on any atom is 0.302 e. The Hall–Kier alpha value is -1.88. The lowest BCUT2D eigenvalue weighted by Gasteiger charge is -2.18. The Morgan fingerprint density at radius 2 is 2.12 bits per heavy atom. The molecule has 2 aliphatic rings. The van der Waals surface area contributed by atoms with Crippen molar-refractivity contribution < 1.29 is 14.3 Å². The van der Waals surface area contributed by atoms with Gasteiger partial charge in [-0.1, -0.05) is 19.1 Å². The van der Waals surface area contributed by atoms with Crippen LogP contribution >= 0.6 is 0 Å². The third-order valence-corrected chi connectivity index (χ3v) is 5.10. The molecule has 2 heterocycles. The van der Waals surface area contributed by atoms with E-state index in [1.165, 1.54) is 18.1 Å². The zero-order valence-electron chi connectivity index (χ0n) is 14.7. The highest BCUT2D eigenvalue weighted by molar-refractivity contribution is 5.94. The average molecular weight is 330 g/mol. The van der Waals surface area contributed by atoms with Crippen molar-refractivity contribution in [3.8, 4) is 0 Å². The van der Waals surface area contributed by atoms with E-state index in [-0.39, 0.29) is 18.0 Å². The number of aryl methyl sites for hydroxylation is 1. The summed E-state index contributed by atoms with van der Waals surface area (Å²) >= 11 is 0. The molecule has 2 aliphatic heterocycles. The second-order valence-electron chi connectivity index (χ2n) is 6.88. The number of amides is 1. The van der Waals surface area contributed by atoms with Gasteiger partial charge in [0, 0.05) is 51.0 Å².